The Bertz CT molecular complexity index is 1010. The number of amides is 1. The molecule has 1 aromatic heterocycles. The van der Waals surface area contributed by atoms with Gasteiger partial charge in [-0.1, -0.05) is 30.3 Å². The quantitative estimate of drug-likeness (QED) is 0.683. The third-order valence-electron chi connectivity index (χ3n) is 5.85. The molecule has 5 nitrogen and oxygen atoms in total. The smallest absolute Gasteiger partial charge is 0.224 e. The molecule has 1 saturated heterocycles. The fraction of sp³-hybridized carbons (Fsp3) is 0.364. The van der Waals surface area contributed by atoms with Crippen LogP contribution in [0.1, 0.15) is 17.5 Å². The van der Waals surface area contributed by atoms with Gasteiger partial charge in [0.05, 0.1) is 4.70 Å². The number of hydrogen-bond donors (Lipinski definition) is 1. The zero-order valence-corrected chi connectivity index (χ0v) is 17.9. The van der Waals surface area contributed by atoms with Crippen molar-refractivity contribution in [3.63, 3.8) is 0 Å². The fourth-order valence-electron chi connectivity index (χ4n) is 4.24. The zero-order valence-electron chi connectivity index (χ0n) is 16.3. The Hall–Kier alpha value is -2.15. The summed E-state index contributed by atoms with van der Waals surface area (Å²) in [5, 5.41) is 4.36. The number of piperazine rings is 1. The second-order valence-electron chi connectivity index (χ2n) is 7.58. The number of anilines is 2. The molecule has 2 aromatic carbocycles. The Morgan fingerprint density at radius 2 is 1.83 bits per heavy atom. The van der Waals surface area contributed by atoms with E-state index < -0.39 is 0 Å². The molecule has 0 bridgehead atoms. The lowest BCUT2D eigenvalue weighted by Gasteiger charge is -2.35. The van der Waals surface area contributed by atoms with Gasteiger partial charge < -0.3 is 10.2 Å². The summed E-state index contributed by atoms with van der Waals surface area (Å²) in [6.07, 6.45) is 2.43. The number of halogens is 1. The molecule has 2 aliphatic rings. The predicted molar refractivity (Wildman–Crippen MR) is 123 cm³/mol. The van der Waals surface area contributed by atoms with Crippen molar-refractivity contribution in [2.45, 2.75) is 19.3 Å². The summed E-state index contributed by atoms with van der Waals surface area (Å²) in [6, 6.07) is 14.9. The number of aromatic nitrogens is 1. The van der Waals surface area contributed by atoms with Gasteiger partial charge in [0.1, 0.15) is 5.82 Å². The first-order valence-electron chi connectivity index (χ1n) is 10.0. The maximum absolute atomic E-state index is 11.8. The van der Waals surface area contributed by atoms with Gasteiger partial charge in [0.2, 0.25) is 5.91 Å². The van der Waals surface area contributed by atoms with Crippen LogP contribution in [-0.4, -0.2) is 47.9 Å². The van der Waals surface area contributed by atoms with Crippen LogP contribution in [0.2, 0.25) is 0 Å². The number of nitrogens with one attached hydrogen (secondary N) is 1. The first-order valence-corrected chi connectivity index (χ1v) is 10.8. The molecule has 0 unspecified atom stereocenters. The monoisotopic (exact) mass is 428 g/mol. The number of para-hydroxylation sites is 1. The molecule has 0 saturated carbocycles. The summed E-state index contributed by atoms with van der Waals surface area (Å²) < 4.78 is 5.96. The molecule has 0 spiro atoms. The van der Waals surface area contributed by atoms with E-state index in [1.165, 1.54) is 21.2 Å². The molecule has 7 heteroatoms. The van der Waals surface area contributed by atoms with Crippen LogP contribution in [0.5, 0.6) is 0 Å². The number of benzene rings is 2. The molecule has 152 valence electrons. The molecule has 3 aromatic rings. The Morgan fingerprint density at radius 1 is 1.00 bits per heavy atom. The molecule has 2 aliphatic heterocycles. The SMILES string of the molecule is Cl.O=C1CCc2cccc(CCN3CCN(c4nsc5ccccc45)CC3)c2N1. The van der Waals surface area contributed by atoms with Crippen molar-refractivity contribution in [3.05, 3.63) is 53.6 Å². The van der Waals surface area contributed by atoms with Crippen molar-refractivity contribution in [1.82, 2.24) is 9.27 Å². The number of carbonyl (C=O) groups excluding carboxylic acids is 1. The molecular formula is C22H25ClN4OS. The Labute approximate surface area is 181 Å². The molecule has 1 fully saturated rings. The molecule has 1 amide bonds. The van der Waals surface area contributed by atoms with E-state index in [0.29, 0.717) is 6.42 Å². The standard InChI is InChI=1S/C22H24N4OS.ClH/c27-20-9-8-16-4-3-5-17(21(16)23-20)10-11-25-12-14-26(15-13-25)22-18-6-1-2-7-19(18)28-24-22;/h1-7H,8-15H2,(H,23,27);1H. The van der Waals surface area contributed by atoms with Crippen molar-refractivity contribution in [2.24, 2.45) is 0 Å². The molecule has 3 heterocycles. The van der Waals surface area contributed by atoms with Crippen molar-refractivity contribution in [2.75, 3.05) is 42.9 Å². The normalized spacial score (nSPS) is 17.0. The number of fused-ring (bicyclic) bond motifs is 2. The van der Waals surface area contributed by atoms with E-state index in [4.69, 9.17) is 4.37 Å². The molecule has 29 heavy (non-hydrogen) atoms. The van der Waals surface area contributed by atoms with Crippen LogP contribution in [-0.2, 0) is 17.6 Å². The topological polar surface area (TPSA) is 48.5 Å². The maximum Gasteiger partial charge on any atom is 0.224 e. The van der Waals surface area contributed by atoms with Crippen LogP contribution in [0.4, 0.5) is 11.5 Å². The molecule has 0 radical (unpaired) electrons. The maximum atomic E-state index is 11.8. The lowest BCUT2D eigenvalue weighted by atomic mass is 9.97. The van der Waals surface area contributed by atoms with Gasteiger partial charge in [-0.15, -0.1) is 12.4 Å². The third-order valence-corrected chi connectivity index (χ3v) is 6.67. The van der Waals surface area contributed by atoms with Crippen molar-refractivity contribution in [1.29, 1.82) is 0 Å². The van der Waals surface area contributed by atoms with Crippen molar-refractivity contribution in [3.8, 4) is 0 Å². The van der Waals surface area contributed by atoms with Gasteiger partial charge in [-0.3, -0.25) is 9.69 Å². The van der Waals surface area contributed by atoms with Crippen LogP contribution in [0.25, 0.3) is 10.1 Å². The van der Waals surface area contributed by atoms with Gasteiger partial charge >= 0.3 is 0 Å². The number of nitrogens with zero attached hydrogens (tertiary/aromatic N) is 3. The zero-order chi connectivity index (χ0) is 18.9. The first-order chi connectivity index (χ1) is 13.8. The van der Waals surface area contributed by atoms with E-state index in [9.17, 15) is 4.79 Å². The minimum atomic E-state index is 0. The average Bonchev–Trinajstić information content (AvgIpc) is 3.17. The molecule has 1 N–H and O–H groups in total. The number of aryl methyl sites for hydroxylation is 1. The third kappa shape index (κ3) is 4.10. The van der Waals surface area contributed by atoms with Crippen LogP contribution >= 0.6 is 23.9 Å². The van der Waals surface area contributed by atoms with Crippen molar-refractivity contribution < 1.29 is 4.79 Å². The summed E-state index contributed by atoms with van der Waals surface area (Å²) in [6.45, 7) is 5.15. The Balaban J connectivity index is 0.00000205. The number of rotatable bonds is 4. The van der Waals surface area contributed by atoms with E-state index in [1.54, 1.807) is 11.5 Å². The Morgan fingerprint density at radius 3 is 2.69 bits per heavy atom. The molecule has 0 atom stereocenters. The van der Waals surface area contributed by atoms with E-state index in [-0.39, 0.29) is 18.3 Å². The molecular weight excluding hydrogens is 404 g/mol. The van der Waals surface area contributed by atoms with Gasteiger partial charge in [-0.05, 0) is 47.6 Å². The minimum absolute atomic E-state index is 0. The largest absolute Gasteiger partial charge is 0.353 e. The highest BCUT2D eigenvalue weighted by molar-refractivity contribution is 7.13. The van der Waals surface area contributed by atoms with Crippen LogP contribution in [0.15, 0.2) is 42.5 Å². The van der Waals surface area contributed by atoms with Crippen molar-refractivity contribution >= 4 is 51.4 Å². The van der Waals surface area contributed by atoms with E-state index in [0.717, 1.165) is 57.1 Å². The van der Waals surface area contributed by atoms with Crippen LogP contribution < -0.4 is 10.2 Å². The second kappa shape index (κ2) is 8.69. The van der Waals surface area contributed by atoms with Gasteiger partial charge in [0.15, 0.2) is 0 Å². The summed E-state index contributed by atoms with van der Waals surface area (Å²) in [7, 11) is 0. The van der Waals surface area contributed by atoms with E-state index in [2.05, 4.69) is 57.6 Å². The highest BCUT2D eigenvalue weighted by atomic mass is 35.5. The van der Waals surface area contributed by atoms with Gasteiger partial charge in [0, 0.05) is 50.2 Å². The lowest BCUT2D eigenvalue weighted by Crippen LogP contribution is -2.47. The summed E-state index contributed by atoms with van der Waals surface area (Å²) in [4.78, 5) is 16.7. The fourth-order valence-corrected chi connectivity index (χ4v) is 5.04. The predicted octanol–water partition coefficient (Wildman–Crippen LogP) is 3.97. The highest BCUT2D eigenvalue weighted by Crippen LogP contribution is 2.30. The van der Waals surface area contributed by atoms with E-state index >= 15 is 0 Å². The minimum Gasteiger partial charge on any atom is -0.353 e. The summed E-state index contributed by atoms with van der Waals surface area (Å²) in [5.41, 5.74) is 3.60. The lowest BCUT2D eigenvalue weighted by molar-refractivity contribution is -0.116. The summed E-state index contributed by atoms with van der Waals surface area (Å²) in [5.74, 6) is 1.28. The van der Waals surface area contributed by atoms with Gasteiger partial charge in [-0.25, -0.2) is 0 Å². The number of hydrogen-bond acceptors (Lipinski definition) is 5. The van der Waals surface area contributed by atoms with Crippen LogP contribution in [0, 0.1) is 0 Å². The van der Waals surface area contributed by atoms with Gasteiger partial charge in [0.25, 0.3) is 0 Å². The van der Waals surface area contributed by atoms with Gasteiger partial charge in [-0.2, -0.15) is 4.37 Å². The highest BCUT2D eigenvalue weighted by Gasteiger charge is 2.22. The second-order valence-corrected chi connectivity index (χ2v) is 8.39. The average molecular weight is 429 g/mol. The van der Waals surface area contributed by atoms with E-state index in [1.807, 2.05) is 0 Å². The Kier molecular flexibility index (Phi) is 6.04. The van der Waals surface area contributed by atoms with Crippen LogP contribution in [0.3, 0.4) is 0 Å². The number of carbonyl (C=O) groups is 1. The molecule has 0 aliphatic carbocycles. The molecule has 5 rings (SSSR count). The first kappa shape index (κ1) is 20.1. The summed E-state index contributed by atoms with van der Waals surface area (Å²) >= 11 is 1.59.